The molecule has 7 aromatic rings. The predicted octanol–water partition coefficient (Wildman–Crippen LogP) is 10.3. The first-order valence-corrected chi connectivity index (χ1v) is 23.7. The van der Waals surface area contributed by atoms with Crippen molar-refractivity contribution < 1.29 is 70.9 Å². The van der Waals surface area contributed by atoms with Crippen molar-refractivity contribution in [3.05, 3.63) is 155 Å². The zero-order valence-electron chi connectivity index (χ0n) is 36.3. The summed E-state index contributed by atoms with van der Waals surface area (Å²) in [5, 5.41) is 4.79. The van der Waals surface area contributed by atoms with Crippen LogP contribution in [0.4, 0.5) is 26.3 Å². The summed E-state index contributed by atoms with van der Waals surface area (Å²) in [6, 6.07) is 44.2. The number of aromatic nitrogens is 2. The largest absolute Gasteiger partial charge is 0.741 e. The Morgan fingerprint density at radius 1 is 0.500 bits per heavy atom. The van der Waals surface area contributed by atoms with E-state index in [1.807, 2.05) is 12.1 Å². The van der Waals surface area contributed by atoms with E-state index >= 15 is 0 Å². The Bertz CT molecular complexity index is 3100. The normalized spacial score (nSPS) is 13.8. The van der Waals surface area contributed by atoms with E-state index in [1.54, 1.807) is 14.2 Å². The Balaban J connectivity index is 0.000000368. The summed E-state index contributed by atoms with van der Waals surface area (Å²) in [6.45, 7) is 1.97. The van der Waals surface area contributed by atoms with Gasteiger partial charge in [-0.15, -0.1) is 0 Å². The minimum atomic E-state index is -6.09. The van der Waals surface area contributed by atoms with Gasteiger partial charge in [0.15, 0.2) is 20.2 Å². The Labute approximate surface area is 388 Å². The van der Waals surface area contributed by atoms with Gasteiger partial charge in [-0.3, -0.25) is 0 Å². The van der Waals surface area contributed by atoms with Crippen LogP contribution in [0.5, 0.6) is 11.5 Å². The van der Waals surface area contributed by atoms with Gasteiger partial charge in [-0.05, 0) is 117 Å². The number of halogens is 6. The molecule has 5 aromatic carbocycles. The number of hydrogen-bond donors (Lipinski definition) is 0. The number of nitrogens with zero attached hydrogens (tertiary/aromatic N) is 2. The lowest BCUT2D eigenvalue weighted by Gasteiger charge is -2.14. The van der Waals surface area contributed by atoms with Crippen LogP contribution in [-0.4, -0.2) is 51.2 Å². The molecule has 0 N–H and O–H groups in total. The third-order valence-electron chi connectivity index (χ3n) is 11.4. The number of pyridine rings is 2. The van der Waals surface area contributed by atoms with Crippen molar-refractivity contribution in [1.82, 2.24) is 0 Å². The summed E-state index contributed by atoms with van der Waals surface area (Å²) in [5.41, 5.74) is 1.82. The second kappa shape index (κ2) is 19.9. The Morgan fingerprint density at radius 3 is 1.21 bits per heavy atom. The lowest BCUT2D eigenvalue weighted by Crippen LogP contribution is -2.40. The van der Waals surface area contributed by atoms with E-state index in [1.165, 1.54) is 77.7 Å². The SMILES string of the molecule is COc1ccc2cc(/C=C/c3cccc4[n+]3CCCc3ccc5c(c3-4)-c3cccc(/C=C/c4ccc6cc(OC)ccc6c4)[n+]3CCC5)ccc2c1.O=S(=O)([O-])C(F)(F)F.O=S(=O)([O-])C(F)(F)F. The van der Waals surface area contributed by atoms with Crippen LogP contribution < -0.4 is 18.6 Å². The molecule has 2 aliphatic rings. The van der Waals surface area contributed by atoms with E-state index in [4.69, 9.17) is 35.4 Å². The third kappa shape index (κ3) is 11.2. The van der Waals surface area contributed by atoms with Crippen LogP contribution in [0.3, 0.4) is 0 Å². The number of ether oxygens (including phenoxy) is 2. The first-order valence-electron chi connectivity index (χ1n) is 20.9. The molecular formula is C50H42F6N2O8S2. The maximum atomic E-state index is 10.7. The van der Waals surface area contributed by atoms with Gasteiger partial charge < -0.3 is 18.6 Å². The van der Waals surface area contributed by atoms with E-state index in [0.29, 0.717) is 0 Å². The maximum Gasteiger partial charge on any atom is 0.485 e. The smallest absolute Gasteiger partial charge is 0.485 e. The van der Waals surface area contributed by atoms with E-state index in [0.717, 1.165) is 50.3 Å². The molecule has 0 radical (unpaired) electrons. The van der Waals surface area contributed by atoms with Crippen molar-refractivity contribution in [3.63, 3.8) is 0 Å². The molecule has 0 atom stereocenters. The van der Waals surface area contributed by atoms with Crippen LogP contribution in [0.25, 0.3) is 68.4 Å². The highest BCUT2D eigenvalue weighted by Gasteiger charge is 2.38. The quantitative estimate of drug-likeness (QED) is 0.0694. The molecule has 10 nitrogen and oxygen atoms in total. The van der Waals surface area contributed by atoms with Crippen molar-refractivity contribution in [3.8, 4) is 34.0 Å². The fourth-order valence-electron chi connectivity index (χ4n) is 8.20. The van der Waals surface area contributed by atoms with E-state index < -0.39 is 31.3 Å². The average Bonchev–Trinajstić information content (AvgIpc) is 3.61. The maximum absolute atomic E-state index is 10.7. The molecule has 2 aromatic heterocycles. The van der Waals surface area contributed by atoms with Crippen molar-refractivity contribution in [2.75, 3.05) is 14.2 Å². The van der Waals surface area contributed by atoms with Gasteiger partial charge in [0.25, 0.3) is 0 Å². The van der Waals surface area contributed by atoms with E-state index in [-0.39, 0.29) is 0 Å². The molecule has 18 heteroatoms. The monoisotopic (exact) mass is 976 g/mol. The molecule has 68 heavy (non-hydrogen) atoms. The summed E-state index contributed by atoms with van der Waals surface area (Å²) >= 11 is 0. The minimum absolute atomic E-state index is 0.883. The van der Waals surface area contributed by atoms with Crippen molar-refractivity contribution in [2.45, 2.75) is 49.8 Å². The Morgan fingerprint density at radius 2 is 0.853 bits per heavy atom. The van der Waals surface area contributed by atoms with Crippen LogP contribution in [0.1, 0.15) is 46.5 Å². The van der Waals surface area contributed by atoms with Gasteiger partial charge >= 0.3 is 11.0 Å². The molecule has 0 fully saturated rings. The highest BCUT2D eigenvalue weighted by atomic mass is 32.2. The fraction of sp³-hybridized carbons (Fsp3) is 0.200. The number of hydrogen-bond acceptors (Lipinski definition) is 8. The van der Waals surface area contributed by atoms with Crippen molar-refractivity contribution in [1.29, 1.82) is 0 Å². The van der Waals surface area contributed by atoms with Gasteiger partial charge in [0.2, 0.25) is 22.8 Å². The van der Waals surface area contributed by atoms with Gasteiger partial charge in [0.1, 0.15) is 24.6 Å². The lowest BCUT2D eigenvalue weighted by atomic mass is 9.88. The number of benzene rings is 5. The summed E-state index contributed by atoms with van der Waals surface area (Å²) in [5.74, 6) is 1.77. The van der Waals surface area contributed by atoms with Gasteiger partial charge in [-0.2, -0.15) is 35.5 Å². The number of alkyl halides is 6. The van der Waals surface area contributed by atoms with Crippen LogP contribution >= 0.6 is 0 Å². The predicted molar refractivity (Wildman–Crippen MR) is 245 cm³/mol. The van der Waals surface area contributed by atoms with Gasteiger partial charge in [-0.25, -0.2) is 16.8 Å². The lowest BCUT2D eigenvalue weighted by molar-refractivity contribution is -0.689. The molecule has 9 rings (SSSR count). The average molecular weight is 977 g/mol. The van der Waals surface area contributed by atoms with Gasteiger partial charge in [0, 0.05) is 49.3 Å². The van der Waals surface area contributed by atoms with Crippen LogP contribution in [0.15, 0.2) is 121 Å². The minimum Gasteiger partial charge on any atom is -0.741 e. The standard InChI is InChI=1S/C48H42N2O2.2CHF3O3S/c1-51-43-25-21-37-29-33(13-17-39(37)31-43)15-23-41-9-3-11-45-47-35(7-5-27-49(41)45)19-20-36-8-6-28-50-42(10-4-12-46(50)48(36)47)24-16-34-14-18-40-32-44(52-2)26-22-38(40)30-34;2*2-1(3,4)8(5,6)7/h3-4,9-26,29-32H,5-8,27-28H2,1-2H3;2*(H,5,6,7)/q+2;;/p-2/b23-15+,24-16+;;. The molecular weight excluding hydrogens is 935 g/mol. The summed E-state index contributed by atoms with van der Waals surface area (Å²) in [6.07, 6.45) is 13.4. The highest BCUT2D eigenvalue weighted by Crippen LogP contribution is 2.39. The zero-order chi connectivity index (χ0) is 49.0. The topological polar surface area (TPSA) is 141 Å². The fourth-order valence-corrected chi connectivity index (χ4v) is 8.20. The van der Waals surface area contributed by atoms with E-state index in [2.05, 4.69) is 143 Å². The molecule has 0 amide bonds. The number of aryl methyl sites for hydroxylation is 2. The molecule has 4 heterocycles. The first kappa shape index (κ1) is 49.3. The summed E-state index contributed by atoms with van der Waals surface area (Å²) in [4.78, 5) is 0. The summed E-state index contributed by atoms with van der Waals surface area (Å²) in [7, 11) is -8.75. The molecule has 0 spiro atoms. The van der Waals surface area contributed by atoms with E-state index in [9.17, 15) is 26.3 Å². The zero-order valence-corrected chi connectivity index (χ0v) is 38.0. The van der Waals surface area contributed by atoms with Crippen LogP contribution in [-0.2, 0) is 46.2 Å². The van der Waals surface area contributed by atoms with Gasteiger partial charge in [-0.1, -0.05) is 48.5 Å². The third-order valence-corrected chi connectivity index (χ3v) is 12.5. The second-order valence-corrected chi connectivity index (χ2v) is 18.5. The number of fused-ring (bicyclic) bond motifs is 9. The molecule has 354 valence electrons. The summed E-state index contributed by atoms with van der Waals surface area (Å²) < 4.78 is 134. The van der Waals surface area contributed by atoms with Crippen LogP contribution in [0, 0.1) is 0 Å². The van der Waals surface area contributed by atoms with Crippen molar-refractivity contribution in [2.24, 2.45) is 0 Å². The molecule has 0 bridgehead atoms. The van der Waals surface area contributed by atoms with Gasteiger partial charge in [0.05, 0.1) is 25.3 Å². The number of methoxy groups -OCH3 is 2. The molecule has 0 unspecified atom stereocenters. The highest BCUT2D eigenvalue weighted by molar-refractivity contribution is 7.86. The second-order valence-electron chi connectivity index (χ2n) is 15.7. The first-order chi connectivity index (χ1) is 32.1. The Kier molecular flexibility index (Phi) is 14.5. The number of rotatable bonds is 6. The van der Waals surface area contributed by atoms with Crippen molar-refractivity contribution >= 4 is 66.1 Å². The Hall–Kier alpha value is -6.60. The molecule has 0 aliphatic carbocycles. The molecule has 0 saturated carbocycles. The molecule has 0 saturated heterocycles. The molecule has 2 aliphatic heterocycles. The van der Waals surface area contributed by atoms with Crippen LogP contribution in [0.2, 0.25) is 0 Å².